The van der Waals surface area contributed by atoms with Crippen LogP contribution < -0.4 is 5.32 Å². The van der Waals surface area contributed by atoms with Gasteiger partial charge in [0, 0.05) is 32.7 Å². The molecule has 1 atom stereocenters. The number of ether oxygens (including phenoxy) is 1. The van der Waals surface area contributed by atoms with Crippen molar-refractivity contribution in [3.05, 3.63) is 17.5 Å². The Morgan fingerprint density at radius 2 is 2.30 bits per heavy atom. The molecule has 5 heteroatoms. The Morgan fingerprint density at radius 1 is 1.45 bits per heavy atom. The van der Waals surface area contributed by atoms with E-state index in [1.807, 2.05) is 11.7 Å². The first-order valence-electron chi connectivity index (χ1n) is 7.78. The maximum Gasteiger partial charge on any atom is 0.0635 e. The molecule has 1 aromatic rings. The number of aromatic nitrogens is 2. The molecule has 1 aliphatic heterocycles. The van der Waals surface area contributed by atoms with Crippen LogP contribution >= 0.6 is 0 Å². The summed E-state index contributed by atoms with van der Waals surface area (Å²) in [6.07, 6.45) is 2.17. The Bertz CT molecular complexity index is 405. The Labute approximate surface area is 122 Å². The van der Waals surface area contributed by atoms with Crippen molar-refractivity contribution >= 4 is 0 Å². The fourth-order valence-corrected chi connectivity index (χ4v) is 2.63. The van der Waals surface area contributed by atoms with Crippen LogP contribution in [-0.2, 0) is 24.8 Å². The van der Waals surface area contributed by atoms with Crippen LogP contribution in [0.15, 0.2) is 6.07 Å². The first-order chi connectivity index (χ1) is 9.74. The Hall–Kier alpha value is -0.910. The maximum absolute atomic E-state index is 5.63. The number of rotatable bonds is 7. The fourth-order valence-electron chi connectivity index (χ4n) is 2.63. The first kappa shape index (κ1) is 15.5. The summed E-state index contributed by atoms with van der Waals surface area (Å²) in [5.41, 5.74) is 2.47. The second-order valence-corrected chi connectivity index (χ2v) is 5.51. The highest BCUT2D eigenvalue weighted by atomic mass is 16.5. The molecule has 1 N–H and O–H groups in total. The molecule has 0 bridgehead atoms. The summed E-state index contributed by atoms with van der Waals surface area (Å²) >= 11 is 0. The molecule has 0 aliphatic carbocycles. The van der Waals surface area contributed by atoms with Crippen molar-refractivity contribution < 1.29 is 4.74 Å². The van der Waals surface area contributed by atoms with Gasteiger partial charge < -0.3 is 10.1 Å². The number of aryl methyl sites for hydroxylation is 2. The molecule has 0 amide bonds. The van der Waals surface area contributed by atoms with Crippen LogP contribution in [0.3, 0.4) is 0 Å². The number of nitrogens with one attached hydrogen (secondary N) is 1. The van der Waals surface area contributed by atoms with E-state index >= 15 is 0 Å². The van der Waals surface area contributed by atoms with Gasteiger partial charge in [0.05, 0.1) is 24.6 Å². The Balaban J connectivity index is 1.95. The molecule has 1 saturated heterocycles. The number of nitrogens with zero attached hydrogens (tertiary/aromatic N) is 3. The lowest BCUT2D eigenvalue weighted by atomic mass is 10.2. The second kappa shape index (κ2) is 7.76. The molecule has 5 nitrogen and oxygen atoms in total. The summed E-state index contributed by atoms with van der Waals surface area (Å²) in [5.74, 6) is 0. The predicted molar refractivity (Wildman–Crippen MR) is 80.8 cm³/mol. The number of hydrogen-bond donors (Lipinski definition) is 1. The molecule has 2 rings (SSSR count). The smallest absolute Gasteiger partial charge is 0.0635 e. The van der Waals surface area contributed by atoms with E-state index < -0.39 is 0 Å². The average Bonchev–Trinajstić information content (AvgIpc) is 2.81. The zero-order valence-corrected chi connectivity index (χ0v) is 13.1. The molecule has 2 heterocycles. The minimum atomic E-state index is 0.468. The molecule has 0 radical (unpaired) electrons. The Kier molecular flexibility index (Phi) is 6.01. The van der Waals surface area contributed by atoms with Crippen LogP contribution in [0.4, 0.5) is 0 Å². The quantitative estimate of drug-likeness (QED) is 0.762. The summed E-state index contributed by atoms with van der Waals surface area (Å²) in [7, 11) is 2.04. The minimum Gasteiger partial charge on any atom is -0.378 e. The lowest BCUT2D eigenvalue weighted by molar-refractivity contribution is -0.0118. The van der Waals surface area contributed by atoms with Gasteiger partial charge >= 0.3 is 0 Å². The summed E-state index contributed by atoms with van der Waals surface area (Å²) in [6, 6.07) is 2.70. The zero-order valence-electron chi connectivity index (χ0n) is 13.1. The van der Waals surface area contributed by atoms with Gasteiger partial charge in [-0.05, 0) is 25.5 Å². The van der Waals surface area contributed by atoms with Crippen LogP contribution in [0.5, 0.6) is 0 Å². The monoisotopic (exact) mass is 280 g/mol. The molecular formula is C15H28N4O. The molecular weight excluding hydrogens is 252 g/mol. The van der Waals surface area contributed by atoms with E-state index in [9.17, 15) is 0 Å². The van der Waals surface area contributed by atoms with E-state index in [1.54, 1.807) is 0 Å². The van der Waals surface area contributed by atoms with Crippen molar-refractivity contribution in [2.75, 3.05) is 32.8 Å². The highest BCUT2D eigenvalue weighted by Crippen LogP contribution is 2.13. The predicted octanol–water partition coefficient (Wildman–Crippen LogP) is 1.18. The van der Waals surface area contributed by atoms with Crippen LogP contribution in [0, 0.1) is 0 Å². The zero-order chi connectivity index (χ0) is 14.4. The summed E-state index contributed by atoms with van der Waals surface area (Å²) in [6.45, 7) is 10.1. The van der Waals surface area contributed by atoms with E-state index in [2.05, 4.69) is 35.2 Å². The molecule has 114 valence electrons. The van der Waals surface area contributed by atoms with E-state index in [-0.39, 0.29) is 0 Å². The number of morpholine rings is 1. The van der Waals surface area contributed by atoms with Gasteiger partial charge in [-0.1, -0.05) is 13.8 Å². The van der Waals surface area contributed by atoms with E-state index in [4.69, 9.17) is 4.74 Å². The van der Waals surface area contributed by atoms with Crippen molar-refractivity contribution in [3.63, 3.8) is 0 Å². The number of hydrogen-bond acceptors (Lipinski definition) is 4. The van der Waals surface area contributed by atoms with Crippen molar-refractivity contribution in [1.29, 1.82) is 0 Å². The molecule has 1 aliphatic rings. The van der Waals surface area contributed by atoms with Gasteiger partial charge in [-0.15, -0.1) is 0 Å². The molecule has 0 saturated carbocycles. The van der Waals surface area contributed by atoms with Crippen molar-refractivity contribution in [2.45, 2.75) is 39.3 Å². The SMILES string of the molecule is CCCNCC1COCCN1Cc1cc(CC)nn1C. The van der Waals surface area contributed by atoms with Crippen LogP contribution in [0.25, 0.3) is 0 Å². The second-order valence-electron chi connectivity index (χ2n) is 5.51. The minimum absolute atomic E-state index is 0.468. The molecule has 20 heavy (non-hydrogen) atoms. The Morgan fingerprint density at radius 3 is 3.00 bits per heavy atom. The van der Waals surface area contributed by atoms with E-state index in [0.29, 0.717) is 6.04 Å². The average molecular weight is 280 g/mol. The van der Waals surface area contributed by atoms with Crippen molar-refractivity contribution in [1.82, 2.24) is 20.0 Å². The molecule has 0 spiro atoms. The van der Waals surface area contributed by atoms with Crippen LogP contribution in [-0.4, -0.2) is 53.6 Å². The van der Waals surface area contributed by atoms with E-state index in [0.717, 1.165) is 45.8 Å². The molecule has 1 fully saturated rings. The van der Waals surface area contributed by atoms with Gasteiger partial charge in [-0.25, -0.2) is 0 Å². The molecule has 1 aromatic heterocycles. The van der Waals surface area contributed by atoms with Crippen molar-refractivity contribution in [2.24, 2.45) is 7.05 Å². The van der Waals surface area contributed by atoms with Gasteiger partial charge in [0.25, 0.3) is 0 Å². The first-order valence-corrected chi connectivity index (χ1v) is 7.78. The van der Waals surface area contributed by atoms with E-state index in [1.165, 1.54) is 17.8 Å². The molecule has 0 aromatic carbocycles. The third-order valence-corrected chi connectivity index (χ3v) is 3.91. The third-order valence-electron chi connectivity index (χ3n) is 3.91. The lowest BCUT2D eigenvalue weighted by Crippen LogP contribution is -2.50. The van der Waals surface area contributed by atoms with Gasteiger partial charge in [-0.3, -0.25) is 9.58 Å². The highest BCUT2D eigenvalue weighted by molar-refractivity contribution is 5.10. The van der Waals surface area contributed by atoms with Gasteiger partial charge in [-0.2, -0.15) is 5.10 Å². The summed E-state index contributed by atoms with van der Waals surface area (Å²) in [4.78, 5) is 2.52. The summed E-state index contributed by atoms with van der Waals surface area (Å²) in [5, 5.41) is 8.05. The van der Waals surface area contributed by atoms with Gasteiger partial charge in [0.2, 0.25) is 0 Å². The normalized spacial score (nSPS) is 20.4. The largest absolute Gasteiger partial charge is 0.378 e. The van der Waals surface area contributed by atoms with Crippen LogP contribution in [0.2, 0.25) is 0 Å². The van der Waals surface area contributed by atoms with Crippen molar-refractivity contribution in [3.8, 4) is 0 Å². The lowest BCUT2D eigenvalue weighted by Gasteiger charge is -2.35. The topological polar surface area (TPSA) is 42.3 Å². The standard InChI is InChI=1S/C15H28N4O/c1-4-6-16-10-15-12-20-8-7-19(15)11-14-9-13(5-2)17-18(14)3/h9,15-16H,4-8,10-12H2,1-3H3. The van der Waals surface area contributed by atoms with Gasteiger partial charge in [0.1, 0.15) is 0 Å². The van der Waals surface area contributed by atoms with Crippen LogP contribution in [0.1, 0.15) is 31.7 Å². The van der Waals surface area contributed by atoms with Gasteiger partial charge in [0.15, 0.2) is 0 Å². The summed E-state index contributed by atoms with van der Waals surface area (Å²) < 4.78 is 7.65. The maximum atomic E-state index is 5.63. The third kappa shape index (κ3) is 4.04. The highest BCUT2D eigenvalue weighted by Gasteiger charge is 2.23. The molecule has 1 unspecified atom stereocenters. The fraction of sp³-hybridized carbons (Fsp3) is 0.800.